The number of ether oxygens (including phenoxy) is 1. The minimum absolute atomic E-state index is 0.199. The van der Waals surface area contributed by atoms with Gasteiger partial charge in [-0.3, -0.25) is 9.10 Å². The fourth-order valence-electron chi connectivity index (χ4n) is 4.21. The second-order valence-electron chi connectivity index (χ2n) is 8.97. The molecule has 0 atom stereocenters. The second-order valence-corrected chi connectivity index (χ2v) is 10.9. The summed E-state index contributed by atoms with van der Waals surface area (Å²) in [4.78, 5) is 12.6. The SMILES string of the molecule is CCc1cccc(CC)c1N(Cc1ccc(C(=O)NCCOc2ccc(C)cc2C)cc1)S(C)(=O)=O. The Bertz CT molecular complexity index is 1280. The third-order valence-electron chi connectivity index (χ3n) is 6.13. The predicted molar refractivity (Wildman–Crippen MR) is 146 cm³/mol. The van der Waals surface area contributed by atoms with Crippen molar-refractivity contribution in [3.63, 3.8) is 0 Å². The summed E-state index contributed by atoms with van der Waals surface area (Å²) in [6, 6.07) is 19.0. The van der Waals surface area contributed by atoms with Gasteiger partial charge in [0.15, 0.2) is 0 Å². The number of carbonyl (C=O) groups excluding carboxylic acids is 1. The zero-order chi connectivity index (χ0) is 26.3. The molecule has 0 saturated heterocycles. The largest absolute Gasteiger partial charge is 0.491 e. The molecule has 0 saturated carbocycles. The number of nitrogens with one attached hydrogen (secondary N) is 1. The molecule has 0 aliphatic rings. The molecular formula is C29H36N2O4S. The van der Waals surface area contributed by atoms with Crippen molar-refractivity contribution in [1.29, 1.82) is 0 Å². The zero-order valence-electron chi connectivity index (χ0n) is 21.8. The Labute approximate surface area is 215 Å². The first-order valence-electron chi connectivity index (χ1n) is 12.3. The maximum atomic E-state index is 12.8. The highest BCUT2D eigenvalue weighted by atomic mass is 32.2. The Balaban J connectivity index is 1.66. The number of para-hydroxylation sites is 1. The molecule has 0 spiro atoms. The van der Waals surface area contributed by atoms with E-state index in [4.69, 9.17) is 4.74 Å². The molecule has 6 nitrogen and oxygen atoms in total. The smallest absolute Gasteiger partial charge is 0.251 e. The van der Waals surface area contributed by atoms with Gasteiger partial charge in [-0.15, -0.1) is 0 Å². The molecule has 3 aromatic rings. The molecule has 0 aromatic heterocycles. The fraction of sp³-hybridized carbons (Fsp3) is 0.345. The molecule has 192 valence electrons. The van der Waals surface area contributed by atoms with Crippen LogP contribution in [0.5, 0.6) is 5.75 Å². The van der Waals surface area contributed by atoms with Gasteiger partial charge in [-0.1, -0.05) is 61.9 Å². The first-order chi connectivity index (χ1) is 17.1. The van der Waals surface area contributed by atoms with E-state index in [1.54, 1.807) is 24.3 Å². The molecule has 0 fully saturated rings. The van der Waals surface area contributed by atoms with Crippen molar-refractivity contribution in [3.8, 4) is 5.75 Å². The third-order valence-corrected chi connectivity index (χ3v) is 7.24. The molecular weight excluding hydrogens is 472 g/mol. The molecule has 0 radical (unpaired) electrons. The van der Waals surface area contributed by atoms with Gasteiger partial charge < -0.3 is 10.1 Å². The van der Waals surface area contributed by atoms with Crippen LogP contribution < -0.4 is 14.4 Å². The van der Waals surface area contributed by atoms with E-state index in [0.717, 1.165) is 46.5 Å². The highest BCUT2D eigenvalue weighted by Gasteiger charge is 2.23. The zero-order valence-corrected chi connectivity index (χ0v) is 22.6. The van der Waals surface area contributed by atoms with Gasteiger partial charge in [-0.25, -0.2) is 8.42 Å². The monoisotopic (exact) mass is 508 g/mol. The van der Waals surface area contributed by atoms with Crippen LogP contribution in [-0.4, -0.2) is 33.7 Å². The number of anilines is 1. The van der Waals surface area contributed by atoms with Gasteiger partial charge in [0.1, 0.15) is 12.4 Å². The molecule has 1 N–H and O–H groups in total. The van der Waals surface area contributed by atoms with Crippen molar-refractivity contribution in [2.24, 2.45) is 0 Å². The first-order valence-corrected chi connectivity index (χ1v) is 14.1. The molecule has 0 aliphatic carbocycles. The number of nitrogens with zero attached hydrogens (tertiary/aromatic N) is 1. The number of rotatable bonds is 11. The first kappa shape index (κ1) is 27.3. The second kappa shape index (κ2) is 12.1. The van der Waals surface area contributed by atoms with Crippen LogP contribution in [-0.2, 0) is 29.4 Å². The summed E-state index contributed by atoms with van der Waals surface area (Å²) in [5.41, 5.74) is 6.32. The number of benzene rings is 3. The molecule has 0 unspecified atom stereocenters. The highest BCUT2D eigenvalue weighted by Crippen LogP contribution is 2.30. The van der Waals surface area contributed by atoms with Gasteiger partial charge in [-0.2, -0.15) is 0 Å². The van der Waals surface area contributed by atoms with Crippen LogP contribution in [0, 0.1) is 13.8 Å². The summed E-state index contributed by atoms with van der Waals surface area (Å²) in [7, 11) is -3.51. The number of sulfonamides is 1. The standard InChI is InChI=1S/C29H36N2O4S/c1-6-24-9-8-10-25(7-2)28(24)31(36(5,33)34)20-23-12-14-26(15-13-23)29(32)30-17-18-35-27-16-11-21(3)19-22(27)4/h8-16,19H,6-7,17-18,20H2,1-5H3,(H,30,32). The summed E-state index contributed by atoms with van der Waals surface area (Å²) in [5.74, 6) is 0.612. The maximum absolute atomic E-state index is 12.8. The van der Waals surface area contributed by atoms with Crippen LogP contribution in [0.15, 0.2) is 60.7 Å². The molecule has 1 amide bonds. The quantitative estimate of drug-likeness (QED) is 0.361. The van der Waals surface area contributed by atoms with Crippen molar-refractivity contribution in [2.75, 3.05) is 23.7 Å². The summed E-state index contributed by atoms with van der Waals surface area (Å²) < 4.78 is 32.8. The van der Waals surface area contributed by atoms with E-state index in [2.05, 4.69) is 11.4 Å². The summed E-state index contributed by atoms with van der Waals surface area (Å²) in [6.45, 7) is 9.04. The van der Waals surface area contributed by atoms with E-state index in [9.17, 15) is 13.2 Å². The average molecular weight is 509 g/mol. The predicted octanol–water partition coefficient (Wildman–Crippen LogP) is 5.20. The van der Waals surface area contributed by atoms with Crippen LogP contribution in [0.25, 0.3) is 0 Å². The minimum atomic E-state index is -3.51. The van der Waals surface area contributed by atoms with Crippen LogP contribution in [0.2, 0.25) is 0 Å². The van der Waals surface area contributed by atoms with Gasteiger partial charge in [0.05, 0.1) is 25.0 Å². The number of hydrogen-bond acceptors (Lipinski definition) is 4. The third kappa shape index (κ3) is 6.88. The van der Waals surface area contributed by atoms with E-state index in [0.29, 0.717) is 18.7 Å². The lowest BCUT2D eigenvalue weighted by atomic mass is 10.0. The number of aryl methyl sites for hydroxylation is 4. The summed E-state index contributed by atoms with van der Waals surface area (Å²) in [5, 5.41) is 2.87. The summed E-state index contributed by atoms with van der Waals surface area (Å²) >= 11 is 0. The Morgan fingerprint density at radius 3 is 2.14 bits per heavy atom. The minimum Gasteiger partial charge on any atom is -0.491 e. The Hall–Kier alpha value is -3.32. The molecule has 7 heteroatoms. The van der Waals surface area contributed by atoms with E-state index in [1.165, 1.54) is 16.1 Å². The Kier molecular flexibility index (Phi) is 9.15. The fourth-order valence-corrected chi connectivity index (χ4v) is 5.16. The topological polar surface area (TPSA) is 75.7 Å². The molecule has 3 rings (SSSR count). The van der Waals surface area contributed by atoms with E-state index in [1.807, 2.05) is 58.0 Å². The van der Waals surface area contributed by atoms with Crippen molar-refractivity contribution in [2.45, 2.75) is 47.1 Å². The van der Waals surface area contributed by atoms with Crippen molar-refractivity contribution in [3.05, 3.63) is 94.0 Å². The van der Waals surface area contributed by atoms with Gasteiger partial charge in [0.2, 0.25) is 10.0 Å². The Morgan fingerprint density at radius 2 is 1.58 bits per heavy atom. The number of carbonyl (C=O) groups is 1. The number of amides is 1. The molecule has 3 aromatic carbocycles. The molecule has 0 aliphatic heterocycles. The Morgan fingerprint density at radius 1 is 0.944 bits per heavy atom. The van der Waals surface area contributed by atoms with E-state index < -0.39 is 10.0 Å². The maximum Gasteiger partial charge on any atom is 0.251 e. The lowest BCUT2D eigenvalue weighted by molar-refractivity contribution is 0.0947. The number of hydrogen-bond donors (Lipinski definition) is 1. The van der Waals surface area contributed by atoms with Crippen LogP contribution in [0.1, 0.15) is 52.0 Å². The lowest BCUT2D eigenvalue weighted by Gasteiger charge is -2.27. The highest BCUT2D eigenvalue weighted by molar-refractivity contribution is 7.92. The van der Waals surface area contributed by atoms with E-state index in [-0.39, 0.29) is 12.5 Å². The van der Waals surface area contributed by atoms with Gasteiger partial charge in [0.25, 0.3) is 5.91 Å². The molecule has 0 heterocycles. The van der Waals surface area contributed by atoms with Crippen LogP contribution in [0.4, 0.5) is 5.69 Å². The van der Waals surface area contributed by atoms with Crippen LogP contribution >= 0.6 is 0 Å². The van der Waals surface area contributed by atoms with Gasteiger partial charge >= 0.3 is 0 Å². The molecule has 0 bridgehead atoms. The van der Waals surface area contributed by atoms with Crippen molar-refractivity contribution >= 4 is 21.6 Å². The summed E-state index contributed by atoms with van der Waals surface area (Å²) in [6.07, 6.45) is 2.71. The van der Waals surface area contributed by atoms with E-state index >= 15 is 0 Å². The van der Waals surface area contributed by atoms with Crippen molar-refractivity contribution in [1.82, 2.24) is 5.32 Å². The van der Waals surface area contributed by atoms with Crippen LogP contribution in [0.3, 0.4) is 0 Å². The normalized spacial score (nSPS) is 11.2. The van der Waals surface area contributed by atoms with Crippen molar-refractivity contribution < 1.29 is 17.9 Å². The van der Waals surface area contributed by atoms with Gasteiger partial charge in [-0.05, 0) is 67.1 Å². The lowest BCUT2D eigenvalue weighted by Crippen LogP contribution is -2.31. The average Bonchev–Trinajstić information content (AvgIpc) is 2.85. The van der Waals surface area contributed by atoms with Gasteiger partial charge in [0, 0.05) is 5.56 Å². The molecule has 36 heavy (non-hydrogen) atoms.